The average molecular weight is 490 g/mol. The van der Waals surface area contributed by atoms with Crippen molar-refractivity contribution >= 4 is 25.2 Å². The molecule has 6 heteroatoms. The molecular formula is C30H44B2O4. The number of benzene rings is 2. The van der Waals surface area contributed by atoms with Gasteiger partial charge in [0.05, 0.1) is 22.4 Å². The van der Waals surface area contributed by atoms with Crippen LogP contribution in [-0.4, -0.2) is 36.6 Å². The highest BCUT2D eigenvalue weighted by atomic mass is 16.7. The van der Waals surface area contributed by atoms with E-state index in [0.717, 1.165) is 23.8 Å². The van der Waals surface area contributed by atoms with Crippen LogP contribution in [0.15, 0.2) is 48.5 Å². The molecule has 0 bridgehead atoms. The van der Waals surface area contributed by atoms with Crippen LogP contribution in [0.2, 0.25) is 0 Å². The third-order valence-electron chi connectivity index (χ3n) is 8.69. The highest BCUT2D eigenvalue weighted by molar-refractivity contribution is 6.62. The Morgan fingerprint density at radius 1 is 0.444 bits per heavy atom. The number of hydrogen-bond acceptors (Lipinski definition) is 4. The zero-order valence-electron chi connectivity index (χ0n) is 23.6. The third kappa shape index (κ3) is 5.93. The Kier molecular flexibility index (Phi) is 7.84. The molecule has 2 heterocycles. The van der Waals surface area contributed by atoms with Crippen LogP contribution < -0.4 is 10.9 Å². The van der Waals surface area contributed by atoms with E-state index >= 15 is 0 Å². The van der Waals surface area contributed by atoms with Gasteiger partial charge in [-0.15, -0.1) is 0 Å². The molecule has 2 aliphatic rings. The molecule has 0 unspecified atom stereocenters. The van der Waals surface area contributed by atoms with Gasteiger partial charge >= 0.3 is 14.2 Å². The molecule has 2 fully saturated rings. The summed E-state index contributed by atoms with van der Waals surface area (Å²) in [5, 5.41) is 0. The van der Waals surface area contributed by atoms with Crippen molar-refractivity contribution in [2.45, 2.75) is 116 Å². The lowest BCUT2D eigenvalue weighted by molar-refractivity contribution is 0.00578. The monoisotopic (exact) mass is 490 g/mol. The summed E-state index contributed by atoms with van der Waals surface area (Å²) in [6.45, 7) is 16.8. The normalized spacial score (nSPS) is 21.8. The molecule has 0 N–H and O–H groups in total. The lowest BCUT2D eigenvalue weighted by Crippen LogP contribution is -2.41. The Bertz CT molecular complexity index is 897. The first-order valence-corrected chi connectivity index (χ1v) is 13.7. The van der Waals surface area contributed by atoms with Gasteiger partial charge in [0.2, 0.25) is 0 Å². The van der Waals surface area contributed by atoms with Crippen molar-refractivity contribution in [3.8, 4) is 0 Å². The van der Waals surface area contributed by atoms with E-state index in [2.05, 4.69) is 104 Å². The molecule has 2 aromatic rings. The molecule has 0 aromatic heterocycles. The second-order valence-corrected chi connectivity index (χ2v) is 12.6. The second kappa shape index (κ2) is 10.3. The third-order valence-corrected chi connectivity index (χ3v) is 8.69. The van der Waals surface area contributed by atoms with Crippen molar-refractivity contribution in [3.05, 3.63) is 59.7 Å². The first kappa shape index (κ1) is 27.4. The van der Waals surface area contributed by atoms with Gasteiger partial charge in [0.1, 0.15) is 0 Å². The lowest BCUT2D eigenvalue weighted by atomic mass is 9.78. The minimum Gasteiger partial charge on any atom is -0.399 e. The molecule has 4 rings (SSSR count). The average Bonchev–Trinajstić information content (AvgIpc) is 3.16. The van der Waals surface area contributed by atoms with E-state index in [1.165, 1.54) is 36.8 Å². The number of unbranched alkanes of at least 4 members (excludes halogenated alkanes) is 3. The summed E-state index contributed by atoms with van der Waals surface area (Å²) in [5.41, 5.74) is 3.76. The van der Waals surface area contributed by atoms with Crippen LogP contribution in [0.3, 0.4) is 0 Å². The minimum absolute atomic E-state index is 0.282. The van der Waals surface area contributed by atoms with Crippen LogP contribution in [0.1, 0.15) is 92.2 Å². The predicted octanol–water partition coefficient (Wildman–Crippen LogP) is 5.63. The summed E-state index contributed by atoms with van der Waals surface area (Å²) >= 11 is 0. The molecule has 0 radical (unpaired) electrons. The summed E-state index contributed by atoms with van der Waals surface area (Å²) in [6, 6.07) is 17.5. The van der Waals surface area contributed by atoms with Crippen LogP contribution in [-0.2, 0) is 31.5 Å². The van der Waals surface area contributed by atoms with E-state index in [4.69, 9.17) is 18.6 Å². The first-order valence-electron chi connectivity index (χ1n) is 13.7. The summed E-state index contributed by atoms with van der Waals surface area (Å²) < 4.78 is 24.7. The fourth-order valence-electron chi connectivity index (χ4n) is 4.65. The molecular weight excluding hydrogens is 446 g/mol. The van der Waals surface area contributed by atoms with Crippen LogP contribution >= 0.6 is 0 Å². The summed E-state index contributed by atoms with van der Waals surface area (Å²) in [7, 11) is -0.565. The van der Waals surface area contributed by atoms with Gasteiger partial charge < -0.3 is 18.6 Å². The topological polar surface area (TPSA) is 36.9 Å². The maximum Gasteiger partial charge on any atom is 0.494 e. The molecule has 2 aliphatic heterocycles. The maximum absolute atomic E-state index is 6.17. The Labute approximate surface area is 219 Å². The second-order valence-electron chi connectivity index (χ2n) is 12.6. The van der Waals surface area contributed by atoms with E-state index in [1.54, 1.807) is 0 Å². The van der Waals surface area contributed by atoms with Crippen molar-refractivity contribution in [2.75, 3.05) is 0 Å². The van der Waals surface area contributed by atoms with Gasteiger partial charge in [-0.25, -0.2) is 0 Å². The number of hydrogen-bond donors (Lipinski definition) is 0. The van der Waals surface area contributed by atoms with Gasteiger partial charge in [0, 0.05) is 0 Å². The molecule has 0 saturated carbocycles. The first-order chi connectivity index (χ1) is 16.8. The van der Waals surface area contributed by atoms with Gasteiger partial charge in [-0.1, -0.05) is 61.4 Å². The van der Waals surface area contributed by atoms with Crippen molar-refractivity contribution in [1.82, 2.24) is 0 Å². The van der Waals surface area contributed by atoms with Gasteiger partial charge in [-0.3, -0.25) is 0 Å². The number of aryl methyl sites for hydroxylation is 2. The fraction of sp³-hybridized carbons (Fsp3) is 0.600. The minimum atomic E-state index is -0.300. The molecule has 194 valence electrons. The Morgan fingerprint density at radius 2 is 0.722 bits per heavy atom. The van der Waals surface area contributed by atoms with Crippen molar-refractivity contribution in [3.63, 3.8) is 0 Å². The SMILES string of the molecule is CC1(C)OB(c2ccc(CCCCCCc3ccc(B4OC(C)(C)C(C)(C)O4)cc3)cc2)OC1(C)C. The molecule has 2 saturated heterocycles. The van der Waals surface area contributed by atoms with Crippen LogP contribution in [0.25, 0.3) is 0 Å². The van der Waals surface area contributed by atoms with E-state index in [1.807, 2.05) is 0 Å². The van der Waals surface area contributed by atoms with Gasteiger partial charge in [-0.05, 0) is 103 Å². The summed E-state index contributed by atoms with van der Waals surface area (Å²) in [4.78, 5) is 0. The quantitative estimate of drug-likeness (QED) is 0.337. The fourth-order valence-corrected chi connectivity index (χ4v) is 4.65. The highest BCUT2D eigenvalue weighted by Crippen LogP contribution is 2.37. The predicted molar refractivity (Wildman–Crippen MR) is 150 cm³/mol. The zero-order chi connectivity index (χ0) is 26.2. The van der Waals surface area contributed by atoms with Crippen molar-refractivity contribution < 1.29 is 18.6 Å². The smallest absolute Gasteiger partial charge is 0.399 e. The molecule has 2 aromatic carbocycles. The van der Waals surface area contributed by atoms with Crippen molar-refractivity contribution in [2.24, 2.45) is 0 Å². The molecule has 0 amide bonds. The summed E-state index contributed by atoms with van der Waals surface area (Å²) in [5.74, 6) is 0. The Morgan fingerprint density at radius 3 is 1.00 bits per heavy atom. The van der Waals surface area contributed by atoms with Crippen molar-refractivity contribution in [1.29, 1.82) is 0 Å². The van der Waals surface area contributed by atoms with Gasteiger partial charge in [-0.2, -0.15) is 0 Å². The van der Waals surface area contributed by atoms with Gasteiger partial charge in [0.15, 0.2) is 0 Å². The molecule has 0 atom stereocenters. The van der Waals surface area contributed by atoms with E-state index < -0.39 is 0 Å². The molecule has 0 aliphatic carbocycles. The Balaban J connectivity index is 1.15. The number of rotatable bonds is 9. The van der Waals surface area contributed by atoms with Crippen LogP contribution in [0.5, 0.6) is 0 Å². The zero-order valence-corrected chi connectivity index (χ0v) is 23.6. The molecule has 4 nitrogen and oxygen atoms in total. The van der Waals surface area contributed by atoms with E-state index in [9.17, 15) is 0 Å². The molecule has 36 heavy (non-hydrogen) atoms. The summed E-state index contributed by atoms with van der Waals surface area (Å²) in [6.07, 6.45) is 7.18. The standard InChI is InChI=1S/C30H44B2O4/c1-27(2)28(3,4)34-31(33-27)25-19-15-23(16-20-25)13-11-9-10-12-14-24-17-21-26(22-18-24)32-35-29(5,6)30(7,8)36-32/h15-22H,9-14H2,1-8H3. The largest absolute Gasteiger partial charge is 0.494 e. The van der Waals surface area contributed by atoms with Crippen LogP contribution in [0, 0.1) is 0 Å². The van der Waals surface area contributed by atoms with E-state index in [-0.39, 0.29) is 36.6 Å². The van der Waals surface area contributed by atoms with Gasteiger partial charge in [0.25, 0.3) is 0 Å². The van der Waals surface area contributed by atoms with E-state index in [0.29, 0.717) is 0 Å². The highest BCUT2D eigenvalue weighted by Gasteiger charge is 2.52. The Hall–Kier alpha value is -1.59. The van der Waals surface area contributed by atoms with Crippen LogP contribution in [0.4, 0.5) is 0 Å². The molecule has 0 spiro atoms. The lowest BCUT2D eigenvalue weighted by Gasteiger charge is -2.32. The maximum atomic E-state index is 6.17.